The van der Waals surface area contributed by atoms with Crippen LogP contribution in [0.25, 0.3) is 33.5 Å². The minimum absolute atomic E-state index is 0.250. The Balaban J connectivity index is 1.69. The molecule has 0 bridgehead atoms. The van der Waals surface area contributed by atoms with Crippen LogP contribution in [0.4, 0.5) is 4.39 Å². The van der Waals surface area contributed by atoms with Crippen molar-refractivity contribution in [3.8, 4) is 22.5 Å². The third kappa shape index (κ3) is 2.92. The van der Waals surface area contributed by atoms with Crippen molar-refractivity contribution in [1.82, 2.24) is 19.5 Å². The van der Waals surface area contributed by atoms with E-state index in [9.17, 15) is 4.39 Å². The van der Waals surface area contributed by atoms with Crippen LogP contribution in [-0.4, -0.2) is 32.7 Å². The summed E-state index contributed by atoms with van der Waals surface area (Å²) in [5.74, 6) is 0.224. The first-order valence-electron chi connectivity index (χ1n) is 9.11. The van der Waals surface area contributed by atoms with Crippen LogP contribution in [0.3, 0.4) is 0 Å². The van der Waals surface area contributed by atoms with Gasteiger partial charge in [0.25, 0.3) is 0 Å². The number of aromatic nitrogens is 4. The monoisotopic (exact) mass is 362 g/mol. The highest BCUT2D eigenvalue weighted by Gasteiger charge is 2.22. The molecule has 1 aliphatic heterocycles. The fraction of sp³-hybridized carbons (Fsp3) is 0.238. The zero-order chi connectivity index (χ0) is 18.2. The number of halogens is 1. The normalized spacial score (nSPS) is 17.0. The molecule has 5 nitrogen and oxygen atoms in total. The molecule has 1 N–H and O–H groups in total. The molecule has 136 valence electrons. The number of pyridine rings is 1. The van der Waals surface area contributed by atoms with Crippen molar-refractivity contribution in [2.45, 2.75) is 13.0 Å². The van der Waals surface area contributed by atoms with Crippen molar-refractivity contribution in [3.63, 3.8) is 0 Å². The second kappa shape index (κ2) is 6.63. The van der Waals surface area contributed by atoms with Crippen molar-refractivity contribution >= 4 is 11.0 Å². The summed E-state index contributed by atoms with van der Waals surface area (Å²) < 4.78 is 21.2. The molecular weight excluding hydrogens is 343 g/mol. The number of benzene rings is 1. The molecule has 1 fully saturated rings. The third-order valence-corrected chi connectivity index (χ3v) is 5.15. The van der Waals surface area contributed by atoms with Crippen LogP contribution in [0.1, 0.15) is 6.42 Å². The average Bonchev–Trinajstić information content (AvgIpc) is 3.43. The molecule has 0 radical (unpaired) electrons. The van der Waals surface area contributed by atoms with E-state index < -0.39 is 0 Å². The maximum Gasteiger partial charge on any atom is 0.137 e. The van der Waals surface area contributed by atoms with Gasteiger partial charge in [-0.1, -0.05) is 0 Å². The fourth-order valence-electron chi connectivity index (χ4n) is 3.79. The lowest BCUT2D eigenvalue weighted by atomic mass is 10.0. The van der Waals surface area contributed by atoms with E-state index in [1.165, 1.54) is 12.1 Å². The highest BCUT2D eigenvalue weighted by atomic mass is 19.1. The molecule has 0 unspecified atom stereocenters. The molecule has 1 saturated heterocycles. The van der Waals surface area contributed by atoms with Crippen LogP contribution in [0, 0.1) is 11.7 Å². The predicted molar refractivity (Wildman–Crippen MR) is 102 cm³/mol. The Morgan fingerprint density at radius 3 is 2.85 bits per heavy atom. The van der Waals surface area contributed by atoms with Gasteiger partial charge in [0.15, 0.2) is 0 Å². The summed E-state index contributed by atoms with van der Waals surface area (Å²) in [5, 5.41) is 1.05. The lowest BCUT2D eigenvalue weighted by Crippen LogP contribution is -2.11. The van der Waals surface area contributed by atoms with Crippen molar-refractivity contribution in [2.24, 2.45) is 5.92 Å². The highest BCUT2D eigenvalue weighted by molar-refractivity contribution is 5.95. The number of imidazole rings is 1. The van der Waals surface area contributed by atoms with Crippen LogP contribution in [0.15, 0.2) is 55.1 Å². The van der Waals surface area contributed by atoms with Gasteiger partial charge >= 0.3 is 0 Å². The van der Waals surface area contributed by atoms with Crippen molar-refractivity contribution in [3.05, 3.63) is 60.9 Å². The molecule has 1 aromatic carbocycles. The SMILES string of the molecule is Fc1ccc(-c2ncn(C[C@@H]3CCOC3)c2-c2ccnc3[nH]ccc23)cc1. The molecular formula is C21H19FN4O. The van der Waals surface area contributed by atoms with E-state index in [-0.39, 0.29) is 5.82 Å². The second-order valence-electron chi connectivity index (χ2n) is 6.93. The van der Waals surface area contributed by atoms with Gasteiger partial charge in [0, 0.05) is 48.0 Å². The largest absolute Gasteiger partial charge is 0.381 e. The van der Waals surface area contributed by atoms with E-state index in [1.807, 2.05) is 24.7 Å². The summed E-state index contributed by atoms with van der Waals surface area (Å²) in [7, 11) is 0. The minimum Gasteiger partial charge on any atom is -0.381 e. The molecule has 0 amide bonds. The Bertz CT molecular complexity index is 1080. The van der Waals surface area contributed by atoms with Crippen LogP contribution in [0.5, 0.6) is 0 Å². The van der Waals surface area contributed by atoms with Crippen molar-refractivity contribution in [1.29, 1.82) is 0 Å². The molecule has 1 aliphatic rings. The van der Waals surface area contributed by atoms with E-state index in [0.717, 1.165) is 59.7 Å². The first-order valence-corrected chi connectivity index (χ1v) is 9.11. The highest BCUT2D eigenvalue weighted by Crippen LogP contribution is 2.35. The van der Waals surface area contributed by atoms with Gasteiger partial charge in [-0.2, -0.15) is 0 Å². The van der Waals surface area contributed by atoms with E-state index >= 15 is 0 Å². The number of hydrogen-bond donors (Lipinski definition) is 1. The predicted octanol–water partition coefficient (Wildman–Crippen LogP) is 4.27. The van der Waals surface area contributed by atoms with Crippen LogP contribution in [0.2, 0.25) is 0 Å². The molecule has 1 atom stereocenters. The standard InChI is InChI=1S/C21H19FN4O/c22-16-3-1-15(2-4-16)19-20(17-5-8-23-21-18(17)6-9-24-21)26(13-25-19)11-14-7-10-27-12-14/h1-6,8-9,13-14H,7,10-12H2,(H,23,24)/t14-/m0/s1. The van der Waals surface area contributed by atoms with Crippen LogP contribution >= 0.6 is 0 Å². The third-order valence-electron chi connectivity index (χ3n) is 5.15. The molecule has 6 heteroatoms. The van der Waals surface area contributed by atoms with E-state index in [4.69, 9.17) is 9.72 Å². The number of rotatable bonds is 4. The molecule has 4 aromatic rings. The molecule has 0 spiro atoms. The summed E-state index contributed by atoms with van der Waals surface area (Å²) in [6, 6.07) is 10.5. The zero-order valence-electron chi connectivity index (χ0n) is 14.7. The first-order chi connectivity index (χ1) is 13.3. The van der Waals surface area contributed by atoms with Gasteiger partial charge in [-0.15, -0.1) is 0 Å². The van der Waals surface area contributed by atoms with Gasteiger partial charge in [0.2, 0.25) is 0 Å². The lowest BCUT2D eigenvalue weighted by molar-refractivity contribution is 0.182. The number of aromatic amines is 1. The lowest BCUT2D eigenvalue weighted by Gasteiger charge is -2.14. The Hall–Kier alpha value is -2.99. The average molecular weight is 362 g/mol. The van der Waals surface area contributed by atoms with Gasteiger partial charge < -0.3 is 14.3 Å². The molecule has 0 aliphatic carbocycles. The fourth-order valence-corrected chi connectivity index (χ4v) is 3.79. The quantitative estimate of drug-likeness (QED) is 0.590. The number of hydrogen-bond acceptors (Lipinski definition) is 3. The van der Waals surface area contributed by atoms with Gasteiger partial charge in [0.1, 0.15) is 11.5 Å². The molecule has 3 aromatic heterocycles. The van der Waals surface area contributed by atoms with Gasteiger partial charge in [-0.25, -0.2) is 14.4 Å². The van der Waals surface area contributed by atoms with Crippen LogP contribution < -0.4 is 0 Å². The van der Waals surface area contributed by atoms with Crippen molar-refractivity contribution < 1.29 is 9.13 Å². The number of nitrogens with zero attached hydrogens (tertiary/aromatic N) is 3. The summed E-state index contributed by atoms with van der Waals surface area (Å²) >= 11 is 0. The zero-order valence-corrected chi connectivity index (χ0v) is 14.7. The number of nitrogens with one attached hydrogen (secondary N) is 1. The summed E-state index contributed by atoms with van der Waals surface area (Å²) in [6.07, 6.45) is 6.63. The minimum atomic E-state index is -0.250. The van der Waals surface area contributed by atoms with Gasteiger partial charge in [-0.05, 0) is 42.8 Å². The van der Waals surface area contributed by atoms with E-state index in [0.29, 0.717) is 5.92 Å². The summed E-state index contributed by atoms with van der Waals surface area (Å²) in [6.45, 7) is 2.44. The maximum absolute atomic E-state index is 13.4. The topological polar surface area (TPSA) is 55.7 Å². The van der Waals surface area contributed by atoms with Gasteiger partial charge in [0.05, 0.1) is 24.3 Å². The molecule has 27 heavy (non-hydrogen) atoms. The van der Waals surface area contributed by atoms with E-state index in [1.54, 1.807) is 18.3 Å². The Morgan fingerprint density at radius 2 is 2.04 bits per heavy atom. The Morgan fingerprint density at radius 1 is 1.15 bits per heavy atom. The Labute approximate surface area is 155 Å². The van der Waals surface area contributed by atoms with Gasteiger partial charge in [-0.3, -0.25) is 0 Å². The summed E-state index contributed by atoms with van der Waals surface area (Å²) in [4.78, 5) is 12.3. The number of fused-ring (bicyclic) bond motifs is 1. The number of H-pyrrole nitrogens is 1. The van der Waals surface area contributed by atoms with E-state index in [2.05, 4.69) is 14.5 Å². The first kappa shape index (κ1) is 16.2. The van der Waals surface area contributed by atoms with Crippen molar-refractivity contribution in [2.75, 3.05) is 13.2 Å². The smallest absolute Gasteiger partial charge is 0.137 e. The molecule has 0 saturated carbocycles. The Kier molecular flexibility index (Phi) is 3.98. The summed E-state index contributed by atoms with van der Waals surface area (Å²) in [5.41, 5.74) is 4.68. The molecule has 4 heterocycles. The second-order valence-corrected chi connectivity index (χ2v) is 6.93. The van der Waals surface area contributed by atoms with Crippen LogP contribution in [-0.2, 0) is 11.3 Å². The number of ether oxygens (including phenoxy) is 1. The molecule has 5 rings (SSSR count). The maximum atomic E-state index is 13.4.